The number of benzene rings is 2. The molecular weight excluding hydrogens is 620 g/mol. The Morgan fingerprint density at radius 2 is 1.74 bits per heavy atom. The molecular formula is C32H35F6N3O5. The molecule has 0 bridgehead atoms. The topological polar surface area (TPSA) is 106 Å². The van der Waals surface area contributed by atoms with E-state index in [0.29, 0.717) is 0 Å². The van der Waals surface area contributed by atoms with Crippen molar-refractivity contribution in [3.8, 4) is 5.75 Å². The fourth-order valence-electron chi connectivity index (χ4n) is 5.22. The van der Waals surface area contributed by atoms with Crippen LogP contribution in [-0.4, -0.2) is 49.6 Å². The van der Waals surface area contributed by atoms with Crippen molar-refractivity contribution in [1.82, 2.24) is 5.32 Å². The maximum absolute atomic E-state index is 13.8. The fourth-order valence-corrected chi connectivity index (χ4v) is 5.22. The molecule has 2 amide bonds. The minimum atomic E-state index is -4.70. The summed E-state index contributed by atoms with van der Waals surface area (Å²) in [5, 5.41) is 4.96. The van der Waals surface area contributed by atoms with Gasteiger partial charge in [-0.05, 0) is 42.9 Å². The van der Waals surface area contributed by atoms with Crippen LogP contribution in [0.2, 0.25) is 0 Å². The number of ether oxygens (including phenoxy) is 2. The Balaban J connectivity index is 1.75. The second-order valence-corrected chi connectivity index (χ2v) is 11.9. The van der Waals surface area contributed by atoms with Crippen molar-refractivity contribution in [3.05, 3.63) is 59.2 Å². The lowest BCUT2D eigenvalue weighted by Gasteiger charge is -2.27. The molecule has 0 aromatic heterocycles. The van der Waals surface area contributed by atoms with Crippen LogP contribution in [0, 0.1) is 23.7 Å². The van der Waals surface area contributed by atoms with Crippen molar-refractivity contribution >= 4 is 29.2 Å². The van der Waals surface area contributed by atoms with Gasteiger partial charge in [-0.1, -0.05) is 51.0 Å². The molecule has 1 aliphatic heterocycles. The van der Waals surface area contributed by atoms with E-state index in [9.17, 15) is 40.7 Å². The largest absolute Gasteiger partial charge is 0.495 e. The van der Waals surface area contributed by atoms with Crippen molar-refractivity contribution in [2.24, 2.45) is 28.7 Å². The van der Waals surface area contributed by atoms with Gasteiger partial charge in [-0.3, -0.25) is 14.4 Å². The molecule has 4 rings (SSSR count). The summed E-state index contributed by atoms with van der Waals surface area (Å²) in [6.07, 6.45) is -11.6. The number of fused-ring (bicyclic) bond motifs is 1. The second kappa shape index (κ2) is 14.1. The van der Waals surface area contributed by atoms with Gasteiger partial charge in [-0.2, -0.15) is 26.3 Å². The Morgan fingerprint density at radius 1 is 1.04 bits per heavy atom. The number of hydrogen-bond donors (Lipinski definition) is 2. The van der Waals surface area contributed by atoms with E-state index >= 15 is 0 Å². The molecule has 1 aliphatic carbocycles. The number of benzodiazepines with no additional fused rings is 1. The number of alkyl halides is 6. The van der Waals surface area contributed by atoms with Crippen LogP contribution >= 0.6 is 0 Å². The Labute approximate surface area is 261 Å². The van der Waals surface area contributed by atoms with Gasteiger partial charge in [0, 0.05) is 17.5 Å². The molecule has 1 heterocycles. The molecule has 14 heteroatoms. The molecule has 0 spiro atoms. The predicted octanol–water partition coefficient (Wildman–Crippen LogP) is 6.52. The van der Waals surface area contributed by atoms with E-state index in [2.05, 4.69) is 15.6 Å². The minimum absolute atomic E-state index is 0.00335. The molecule has 0 radical (unpaired) electrons. The number of nitrogens with one attached hydrogen (secondary N) is 2. The standard InChI is InChI=1S/C32H35F6N3O5/c1-17(2)16-46-30(44)23(14-18-10-11-18)21(12-13-31(33,34)35)28(42)41-27-29(43)40-26-22(8-5-9-24(26)45-3)25(39-27)19-6-4-7-20(15-19)32(36,37)38/h4-9,15,17-18,21,23,27H,10-14,16H2,1-3H3,(H,40,43)(H,41,42)/t21-,23+,27-/m1/s1. The number of methoxy groups -OCH3 is 1. The molecule has 0 unspecified atom stereocenters. The van der Waals surface area contributed by atoms with Crippen LogP contribution in [0.3, 0.4) is 0 Å². The summed E-state index contributed by atoms with van der Waals surface area (Å²) in [6, 6.07) is 8.72. The summed E-state index contributed by atoms with van der Waals surface area (Å²) < 4.78 is 91.8. The summed E-state index contributed by atoms with van der Waals surface area (Å²) in [5.41, 5.74) is -0.892. The van der Waals surface area contributed by atoms with Crippen LogP contribution in [0.5, 0.6) is 5.75 Å². The third-order valence-corrected chi connectivity index (χ3v) is 7.71. The fraction of sp³-hybridized carbons (Fsp3) is 0.500. The molecule has 3 atom stereocenters. The summed E-state index contributed by atoms with van der Waals surface area (Å²) in [6.45, 7) is 3.58. The average molecular weight is 656 g/mol. The van der Waals surface area contributed by atoms with Gasteiger partial charge < -0.3 is 20.1 Å². The van der Waals surface area contributed by atoms with Crippen LogP contribution in [0.15, 0.2) is 47.5 Å². The highest BCUT2D eigenvalue weighted by Crippen LogP contribution is 2.40. The van der Waals surface area contributed by atoms with Gasteiger partial charge in [0.2, 0.25) is 12.1 Å². The van der Waals surface area contributed by atoms with Crippen molar-refractivity contribution in [3.63, 3.8) is 0 Å². The third-order valence-electron chi connectivity index (χ3n) is 7.71. The molecule has 46 heavy (non-hydrogen) atoms. The maximum atomic E-state index is 13.8. The number of rotatable bonds is 12. The van der Waals surface area contributed by atoms with Crippen molar-refractivity contribution < 1.29 is 50.2 Å². The first-order valence-electron chi connectivity index (χ1n) is 14.8. The van der Waals surface area contributed by atoms with E-state index in [0.717, 1.165) is 31.0 Å². The summed E-state index contributed by atoms with van der Waals surface area (Å²) in [5.74, 6) is -5.39. The molecule has 8 nitrogen and oxygen atoms in total. The lowest BCUT2D eigenvalue weighted by atomic mass is 9.83. The molecule has 2 aromatic carbocycles. The monoisotopic (exact) mass is 655 g/mol. The highest BCUT2D eigenvalue weighted by molar-refractivity contribution is 6.20. The van der Waals surface area contributed by atoms with E-state index in [1.54, 1.807) is 13.8 Å². The van der Waals surface area contributed by atoms with E-state index < -0.39 is 66.5 Å². The number of hydrogen-bond acceptors (Lipinski definition) is 6. The number of amides is 2. The SMILES string of the molecule is COc1cccc2c1NC(=O)[C@@H](NC(=O)[C@H](CCC(F)(F)F)[C@H](CC1CC1)C(=O)OCC(C)C)N=C2c1cccc(C(F)(F)F)c1. The van der Waals surface area contributed by atoms with Crippen molar-refractivity contribution in [2.45, 2.75) is 64.5 Å². The van der Waals surface area contributed by atoms with E-state index in [4.69, 9.17) is 9.47 Å². The van der Waals surface area contributed by atoms with Crippen LogP contribution in [0.25, 0.3) is 0 Å². The summed E-state index contributed by atoms with van der Waals surface area (Å²) in [7, 11) is 1.32. The number of anilines is 1. The highest BCUT2D eigenvalue weighted by Gasteiger charge is 2.42. The van der Waals surface area contributed by atoms with Gasteiger partial charge in [0.1, 0.15) is 5.75 Å². The van der Waals surface area contributed by atoms with Gasteiger partial charge in [0.25, 0.3) is 5.91 Å². The number of aliphatic imine (C=N–C) groups is 1. The molecule has 2 aliphatic rings. The van der Waals surface area contributed by atoms with Crippen molar-refractivity contribution in [2.75, 3.05) is 19.0 Å². The number of carbonyl (C=O) groups is 3. The normalized spacial score (nSPS) is 18.1. The number of carbonyl (C=O) groups excluding carboxylic acids is 3. The van der Waals surface area contributed by atoms with Crippen LogP contribution in [0.1, 0.15) is 62.6 Å². The zero-order chi connectivity index (χ0) is 33.8. The molecule has 250 valence electrons. The first kappa shape index (κ1) is 34.8. The van der Waals surface area contributed by atoms with Gasteiger partial charge >= 0.3 is 18.3 Å². The minimum Gasteiger partial charge on any atom is -0.495 e. The zero-order valence-electron chi connectivity index (χ0n) is 25.4. The van der Waals surface area contributed by atoms with Crippen LogP contribution in [-0.2, 0) is 25.3 Å². The Kier molecular flexibility index (Phi) is 10.7. The van der Waals surface area contributed by atoms with E-state index in [1.807, 2.05) is 0 Å². The quantitative estimate of drug-likeness (QED) is 0.200. The number of esters is 1. The van der Waals surface area contributed by atoms with E-state index in [1.165, 1.54) is 31.4 Å². The third kappa shape index (κ3) is 9.00. The predicted molar refractivity (Wildman–Crippen MR) is 156 cm³/mol. The van der Waals surface area contributed by atoms with Crippen LogP contribution in [0.4, 0.5) is 32.0 Å². The molecule has 1 saturated carbocycles. The van der Waals surface area contributed by atoms with Gasteiger partial charge in [0.15, 0.2) is 0 Å². The average Bonchev–Trinajstić information content (AvgIpc) is 3.82. The molecule has 2 N–H and O–H groups in total. The lowest BCUT2D eigenvalue weighted by Crippen LogP contribution is -2.47. The Hall–Kier alpha value is -4.10. The maximum Gasteiger partial charge on any atom is 0.416 e. The first-order valence-corrected chi connectivity index (χ1v) is 14.8. The number of nitrogens with zero attached hydrogens (tertiary/aromatic N) is 1. The summed E-state index contributed by atoms with van der Waals surface area (Å²) in [4.78, 5) is 44.8. The molecule has 1 fully saturated rings. The Bertz CT molecular complexity index is 1470. The number of para-hydroxylation sites is 1. The first-order chi connectivity index (χ1) is 21.6. The summed E-state index contributed by atoms with van der Waals surface area (Å²) >= 11 is 0. The lowest BCUT2D eigenvalue weighted by molar-refractivity contribution is -0.159. The Morgan fingerprint density at radius 3 is 2.35 bits per heavy atom. The number of halogens is 6. The highest BCUT2D eigenvalue weighted by atomic mass is 19.4. The molecule has 0 saturated heterocycles. The second-order valence-electron chi connectivity index (χ2n) is 11.9. The van der Waals surface area contributed by atoms with Crippen molar-refractivity contribution in [1.29, 1.82) is 0 Å². The van der Waals surface area contributed by atoms with Gasteiger partial charge in [-0.15, -0.1) is 0 Å². The zero-order valence-corrected chi connectivity index (χ0v) is 25.4. The van der Waals surface area contributed by atoms with Crippen LogP contribution < -0.4 is 15.4 Å². The van der Waals surface area contributed by atoms with E-state index in [-0.39, 0.29) is 53.1 Å². The smallest absolute Gasteiger partial charge is 0.416 e. The van der Waals surface area contributed by atoms with Gasteiger partial charge in [-0.25, -0.2) is 4.99 Å². The van der Waals surface area contributed by atoms with Gasteiger partial charge in [0.05, 0.1) is 42.5 Å². The molecule has 2 aromatic rings.